The number of hydrogen-bond acceptors (Lipinski definition) is 12. The summed E-state index contributed by atoms with van der Waals surface area (Å²) in [5.74, 6) is -2.64. The highest BCUT2D eigenvalue weighted by molar-refractivity contribution is 7.86. The monoisotopic (exact) mass is 692 g/mol. The zero-order valence-corrected chi connectivity index (χ0v) is 25.8. The lowest BCUT2D eigenvalue weighted by molar-refractivity contribution is 0.0435. The second-order valence-electron chi connectivity index (χ2n) is 8.90. The number of ether oxygens (including phenoxy) is 4. The maximum atomic E-state index is 12.5. The molecule has 48 heavy (non-hydrogen) atoms. The minimum atomic E-state index is -4.74. The van der Waals surface area contributed by atoms with Crippen LogP contribution in [0, 0.1) is 35.8 Å². The molecule has 0 radical (unpaired) electrons. The molecule has 0 unspecified atom stereocenters. The van der Waals surface area contributed by atoms with Crippen molar-refractivity contribution in [1.29, 1.82) is 10.5 Å². The summed E-state index contributed by atoms with van der Waals surface area (Å²) in [5, 5.41) is 18.7. The smallest absolute Gasteiger partial charge is 0.339 e. The Labute approximate surface area is 273 Å². The Hall–Kier alpha value is -6.28. The highest BCUT2D eigenvalue weighted by Crippen LogP contribution is 2.18. The van der Waals surface area contributed by atoms with Gasteiger partial charge in [-0.1, -0.05) is 24.3 Å². The molecule has 0 atom stereocenters. The molecule has 0 aliphatic carbocycles. The van der Waals surface area contributed by atoms with Crippen LogP contribution in [0.1, 0.15) is 20.7 Å². The van der Waals surface area contributed by atoms with Crippen molar-refractivity contribution in [3.05, 3.63) is 105 Å². The molecule has 0 bridgehead atoms. The van der Waals surface area contributed by atoms with E-state index in [0.717, 1.165) is 36.4 Å². The Kier molecular flexibility index (Phi) is 11.9. The number of rotatable bonds is 12. The van der Waals surface area contributed by atoms with Crippen LogP contribution in [0.15, 0.2) is 70.5 Å². The van der Waals surface area contributed by atoms with Gasteiger partial charge in [0.25, 0.3) is 31.6 Å². The molecule has 2 N–H and O–H groups in total. The third-order valence-corrected chi connectivity index (χ3v) is 7.77. The fourth-order valence-corrected chi connectivity index (χ4v) is 5.27. The van der Waals surface area contributed by atoms with E-state index in [0.29, 0.717) is 0 Å². The van der Waals surface area contributed by atoms with Gasteiger partial charge in [0.2, 0.25) is 0 Å². The van der Waals surface area contributed by atoms with Gasteiger partial charge in [-0.15, -0.1) is 0 Å². The molecular weight excluding hydrogens is 672 g/mol. The van der Waals surface area contributed by atoms with E-state index in [1.165, 1.54) is 24.3 Å². The summed E-state index contributed by atoms with van der Waals surface area (Å²) in [5.41, 5.74) is -1.91. The van der Waals surface area contributed by atoms with E-state index in [1.54, 1.807) is 12.1 Å². The van der Waals surface area contributed by atoms with Crippen LogP contribution >= 0.6 is 0 Å². The summed E-state index contributed by atoms with van der Waals surface area (Å²) in [4.78, 5) is 29.8. The minimum absolute atomic E-state index is 0.157. The summed E-state index contributed by atoms with van der Waals surface area (Å²) >= 11 is 0. The molecule has 16 nitrogen and oxygen atoms in total. The van der Waals surface area contributed by atoms with Crippen molar-refractivity contribution in [2.45, 2.75) is 9.79 Å². The van der Waals surface area contributed by atoms with Crippen LogP contribution in [0.25, 0.3) is 21.1 Å². The topological polar surface area (TPSA) is 236 Å². The van der Waals surface area contributed by atoms with E-state index in [4.69, 9.17) is 32.1 Å². The highest BCUT2D eigenvalue weighted by Gasteiger charge is 2.22. The highest BCUT2D eigenvalue weighted by atomic mass is 32.2. The van der Waals surface area contributed by atoms with Crippen LogP contribution in [-0.4, -0.2) is 64.3 Å². The number of hydrogen-bond donors (Lipinski definition) is 2. The Morgan fingerprint density at radius 3 is 1.33 bits per heavy atom. The predicted molar refractivity (Wildman–Crippen MR) is 161 cm³/mol. The molecule has 0 saturated carbocycles. The van der Waals surface area contributed by atoms with Crippen LogP contribution in [0.5, 0.6) is 11.5 Å². The summed E-state index contributed by atoms with van der Waals surface area (Å²) in [6.07, 6.45) is 0. The molecule has 3 aromatic rings. The van der Waals surface area contributed by atoms with Gasteiger partial charge in [-0.3, -0.25) is 9.11 Å². The fraction of sp³-hybridized carbons (Fsp3) is 0.133. The lowest BCUT2D eigenvalue weighted by Gasteiger charge is -2.13. The van der Waals surface area contributed by atoms with E-state index in [-0.39, 0.29) is 21.9 Å². The number of carbonyl (C=O) groups excluding carboxylic acids is 2. The van der Waals surface area contributed by atoms with Gasteiger partial charge in [0, 0.05) is 10.4 Å². The second-order valence-corrected chi connectivity index (χ2v) is 11.7. The first kappa shape index (κ1) is 36.2. The van der Waals surface area contributed by atoms with Gasteiger partial charge >= 0.3 is 11.9 Å². The van der Waals surface area contributed by atoms with Crippen molar-refractivity contribution in [2.75, 3.05) is 26.4 Å². The Balaban J connectivity index is 1.86. The van der Waals surface area contributed by atoms with E-state index < -0.39 is 90.9 Å². The van der Waals surface area contributed by atoms with Gasteiger partial charge in [-0.2, -0.15) is 16.8 Å². The standard InChI is InChI=1S/C30H20N4O12S2/c1-33-23(17-31)21-15-26(44-12-14-46-30(36)20-8-4-6-10-28(20)48(40,41)42)22(24(18-32)34-2)16-25(21)43-11-13-45-29(35)19-7-3-5-9-27(19)47(37,38)39/h3-10,15-16H,11-14H2,(H,37,38,39)(H,40,41,42)/b23-21-,24-22+. The molecule has 0 spiro atoms. The van der Waals surface area contributed by atoms with Gasteiger partial charge < -0.3 is 18.9 Å². The molecule has 3 rings (SSSR count). The molecule has 3 aromatic carbocycles. The average Bonchev–Trinajstić information content (AvgIpc) is 3.06. The summed E-state index contributed by atoms with van der Waals surface area (Å²) in [6.45, 7) is 12.9. The van der Waals surface area contributed by atoms with E-state index in [9.17, 15) is 46.1 Å². The van der Waals surface area contributed by atoms with Crippen molar-refractivity contribution >= 4 is 43.6 Å². The molecule has 0 aliphatic rings. The van der Waals surface area contributed by atoms with E-state index >= 15 is 0 Å². The Morgan fingerprint density at radius 2 is 1.02 bits per heavy atom. The summed E-state index contributed by atoms with van der Waals surface area (Å²) < 4.78 is 86.3. The van der Waals surface area contributed by atoms with E-state index in [1.807, 2.05) is 0 Å². The Morgan fingerprint density at radius 1 is 0.667 bits per heavy atom. The summed E-state index contributed by atoms with van der Waals surface area (Å²) in [6, 6.07) is 15.1. The zero-order valence-electron chi connectivity index (χ0n) is 24.2. The predicted octanol–water partition coefficient (Wildman–Crippen LogP) is 1.75. The molecule has 0 amide bonds. The lowest BCUT2D eigenvalue weighted by Crippen LogP contribution is -2.23. The van der Waals surface area contributed by atoms with Crippen molar-refractivity contribution in [3.8, 4) is 23.6 Å². The molecule has 18 heteroatoms. The molecule has 244 valence electrons. The first-order chi connectivity index (χ1) is 22.8. The molecule has 0 fully saturated rings. The molecule has 0 heterocycles. The van der Waals surface area contributed by atoms with Crippen LogP contribution < -0.4 is 19.9 Å². The number of nitrogens with zero attached hydrogens (tertiary/aromatic N) is 4. The maximum Gasteiger partial charge on any atom is 0.339 e. The maximum absolute atomic E-state index is 12.5. The van der Waals surface area contributed by atoms with Crippen molar-refractivity contribution in [3.63, 3.8) is 0 Å². The SMILES string of the molecule is [C-]#[N+]/C(C#N)=c1/cc(OCCOC(=O)c2ccccc2S(=O)(=O)O)/c(=C(\C#N)[N+]#[C-])cc1OCCOC(=O)c1ccccc1S(=O)(=O)O. The number of carbonyl (C=O) groups is 2. The van der Waals surface area contributed by atoms with Gasteiger partial charge in [-0.25, -0.2) is 29.8 Å². The minimum Gasteiger partial charge on any atom is -0.491 e. The fourth-order valence-electron chi connectivity index (χ4n) is 3.91. The van der Waals surface area contributed by atoms with Crippen molar-refractivity contribution in [1.82, 2.24) is 0 Å². The van der Waals surface area contributed by atoms with Crippen molar-refractivity contribution < 1.29 is 54.5 Å². The average molecular weight is 693 g/mol. The number of esters is 2. The first-order valence-electron chi connectivity index (χ1n) is 13.0. The molecule has 0 saturated heterocycles. The van der Waals surface area contributed by atoms with Gasteiger partial charge in [0.1, 0.15) is 47.7 Å². The normalized spacial score (nSPS) is 12.1. The molecular formula is C30H20N4O12S2. The second kappa shape index (κ2) is 15.8. The first-order valence-corrected chi connectivity index (χ1v) is 15.9. The molecule has 0 aromatic heterocycles. The van der Waals surface area contributed by atoms with E-state index in [2.05, 4.69) is 9.69 Å². The Bertz CT molecular complexity index is 2100. The summed E-state index contributed by atoms with van der Waals surface area (Å²) in [7, 11) is -9.48. The largest absolute Gasteiger partial charge is 0.491 e. The van der Waals surface area contributed by atoms with Crippen LogP contribution in [0.2, 0.25) is 0 Å². The van der Waals surface area contributed by atoms with Crippen LogP contribution in [-0.2, 0) is 29.7 Å². The van der Waals surface area contributed by atoms with Gasteiger partial charge in [-0.05, 0) is 36.4 Å². The third kappa shape index (κ3) is 8.92. The van der Waals surface area contributed by atoms with Crippen LogP contribution in [0.4, 0.5) is 0 Å². The van der Waals surface area contributed by atoms with Crippen LogP contribution in [0.3, 0.4) is 0 Å². The quantitative estimate of drug-likeness (QED) is 0.119. The number of benzene rings is 3. The third-order valence-electron chi connectivity index (χ3n) is 5.95. The lowest BCUT2D eigenvalue weighted by atomic mass is 10.1. The number of nitriles is 2. The molecule has 0 aliphatic heterocycles. The van der Waals surface area contributed by atoms with Gasteiger partial charge in [0.15, 0.2) is 0 Å². The zero-order chi connectivity index (χ0) is 35.5. The van der Waals surface area contributed by atoms with Gasteiger partial charge in [0.05, 0.1) is 36.4 Å². The van der Waals surface area contributed by atoms with Crippen molar-refractivity contribution in [2.24, 2.45) is 0 Å².